The summed E-state index contributed by atoms with van der Waals surface area (Å²) in [5.74, 6) is 0.523. The molecule has 0 spiro atoms. The molecule has 1 aromatic heterocycles. The van der Waals surface area contributed by atoms with Gasteiger partial charge in [-0.05, 0) is 48.9 Å². The van der Waals surface area contributed by atoms with Crippen molar-refractivity contribution in [2.24, 2.45) is 0 Å². The number of nitrogens with zero attached hydrogens (tertiary/aromatic N) is 4. The van der Waals surface area contributed by atoms with Crippen molar-refractivity contribution < 1.29 is 4.39 Å². The lowest BCUT2D eigenvalue weighted by Gasteiger charge is -2.19. The fraction of sp³-hybridized carbons (Fsp3) is 0.462. The second kappa shape index (κ2) is 5.44. The van der Waals surface area contributed by atoms with Gasteiger partial charge in [0.2, 0.25) is 0 Å². The molecule has 0 atom stereocenters. The molecule has 5 nitrogen and oxygen atoms in total. The Hall–Kier alpha value is -1.82. The van der Waals surface area contributed by atoms with Crippen LogP contribution in [0.1, 0.15) is 32.2 Å². The Morgan fingerprint density at radius 3 is 2.53 bits per heavy atom. The summed E-state index contributed by atoms with van der Waals surface area (Å²) in [6.07, 6.45) is 0. The molecule has 6 heteroatoms. The van der Waals surface area contributed by atoms with Gasteiger partial charge in [0.05, 0.1) is 13.1 Å². The monoisotopic (exact) mass is 263 g/mol. The maximum absolute atomic E-state index is 12.8. The van der Waals surface area contributed by atoms with Crippen molar-refractivity contribution in [3.05, 3.63) is 41.5 Å². The molecule has 19 heavy (non-hydrogen) atoms. The number of hydrogen-bond donors (Lipinski definition) is 1. The molecule has 0 bridgehead atoms. The Morgan fingerprint density at radius 2 is 1.89 bits per heavy atom. The van der Waals surface area contributed by atoms with Crippen molar-refractivity contribution in [2.45, 2.75) is 39.4 Å². The molecule has 0 radical (unpaired) electrons. The second-order valence-electron chi connectivity index (χ2n) is 5.48. The molecule has 1 N–H and O–H groups in total. The molecule has 102 valence electrons. The van der Waals surface area contributed by atoms with Crippen LogP contribution < -0.4 is 5.32 Å². The van der Waals surface area contributed by atoms with E-state index in [-0.39, 0.29) is 11.4 Å². The molecule has 2 rings (SSSR count). The van der Waals surface area contributed by atoms with Gasteiger partial charge in [-0.1, -0.05) is 12.1 Å². The van der Waals surface area contributed by atoms with Crippen LogP contribution in [0.25, 0.3) is 0 Å². The van der Waals surface area contributed by atoms with E-state index in [1.54, 1.807) is 16.8 Å². The van der Waals surface area contributed by atoms with E-state index >= 15 is 0 Å². The average Bonchev–Trinajstić information content (AvgIpc) is 2.76. The SMILES string of the molecule is CC(C)(C)NCc1nnnn1Cc1ccc(F)cc1. The van der Waals surface area contributed by atoms with E-state index in [0.717, 1.165) is 11.4 Å². The van der Waals surface area contributed by atoms with Crippen LogP contribution >= 0.6 is 0 Å². The maximum Gasteiger partial charge on any atom is 0.165 e. The minimum atomic E-state index is -0.241. The largest absolute Gasteiger partial charge is 0.305 e. The molecule has 0 saturated carbocycles. The number of nitrogens with one attached hydrogen (secondary N) is 1. The van der Waals surface area contributed by atoms with Crippen molar-refractivity contribution in [3.8, 4) is 0 Å². The molecule has 0 amide bonds. The molecule has 0 fully saturated rings. The number of benzene rings is 1. The summed E-state index contributed by atoms with van der Waals surface area (Å²) >= 11 is 0. The van der Waals surface area contributed by atoms with Crippen LogP contribution in [-0.2, 0) is 13.1 Å². The van der Waals surface area contributed by atoms with E-state index in [0.29, 0.717) is 13.1 Å². The smallest absolute Gasteiger partial charge is 0.165 e. The summed E-state index contributed by atoms with van der Waals surface area (Å²) in [5.41, 5.74) is 0.970. The summed E-state index contributed by atoms with van der Waals surface area (Å²) < 4.78 is 14.6. The molecule has 0 unspecified atom stereocenters. The van der Waals surface area contributed by atoms with Gasteiger partial charge < -0.3 is 5.32 Å². The molecule has 0 saturated heterocycles. The molecule has 1 aromatic carbocycles. The fourth-order valence-electron chi connectivity index (χ4n) is 1.58. The van der Waals surface area contributed by atoms with Crippen LogP contribution in [0.15, 0.2) is 24.3 Å². The first-order valence-corrected chi connectivity index (χ1v) is 6.18. The van der Waals surface area contributed by atoms with Crippen molar-refractivity contribution >= 4 is 0 Å². The molecule has 2 aromatic rings. The first kappa shape index (κ1) is 13.6. The summed E-state index contributed by atoms with van der Waals surface area (Å²) in [5, 5.41) is 15.0. The highest BCUT2D eigenvalue weighted by molar-refractivity contribution is 5.16. The zero-order valence-electron chi connectivity index (χ0n) is 11.4. The molecular formula is C13H18FN5. The summed E-state index contributed by atoms with van der Waals surface area (Å²) in [7, 11) is 0. The van der Waals surface area contributed by atoms with E-state index < -0.39 is 0 Å². The third-order valence-electron chi connectivity index (χ3n) is 2.63. The van der Waals surface area contributed by atoms with Gasteiger partial charge in [0.15, 0.2) is 5.82 Å². The van der Waals surface area contributed by atoms with Crippen LogP contribution in [0, 0.1) is 5.82 Å². The number of tetrazole rings is 1. The maximum atomic E-state index is 12.8. The third-order valence-corrected chi connectivity index (χ3v) is 2.63. The first-order valence-electron chi connectivity index (χ1n) is 6.18. The molecular weight excluding hydrogens is 245 g/mol. The van der Waals surface area contributed by atoms with E-state index in [9.17, 15) is 4.39 Å². The molecule has 0 aliphatic rings. The number of halogens is 1. The number of aromatic nitrogens is 4. The quantitative estimate of drug-likeness (QED) is 0.913. The van der Waals surface area contributed by atoms with Gasteiger partial charge in [0.25, 0.3) is 0 Å². The van der Waals surface area contributed by atoms with E-state index in [2.05, 4.69) is 41.6 Å². The molecule has 0 aliphatic carbocycles. The second-order valence-corrected chi connectivity index (χ2v) is 5.48. The normalized spacial score (nSPS) is 11.8. The van der Waals surface area contributed by atoms with Gasteiger partial charge in [0, 0.05) is 5.54 Å². The zero-order valence-corrected chi connectivity index (χ0v) is 11.4. The van der Waals surface area contributed by atoms with Gasteiger partial charge in [-0.3, -0.25) is 0 Å². The number of hydrogen-bond acceptors (Lipinski definition) is 4. The Morgan fingerprint density at radius 1 is 1.21 bits per heavy atom. The van der Waals surface area contributed by atoms with Gasteiger partial charge >= 0.3 is 0 Å². The molecule has 0 aliphatic heterocycles. The highest BCUT2D eigenvalue weighted by Crippen LogP contribution is 2.06. The first-order chi connectivity index (χ1) is 8.94. The highest BCUT2D eigenvalue weighted by atomic mass is 19.1. The predicted octanol–water partition coefficient (Wildman–Crippen LogP) is 1.75. The van der Waals surface area contributed by atoms with Crippen LogP contribution in [0.5, 0.6) is 0 Å². The van der Waals surface area contributed by atoms with Crippen molar-refractivity contribution in [3.63, 3.8) is 0 Å². The predicted molar refractivity (Wildman–Crippen MR) is 69.9 cm³/mol. The van der Waals surface area contributed by atoms with Gasteiger partial charge in [-0.15, -0.1) is 5.10 Å². The standard InChI is InChI=1S/C13H18FN5/c1-13(2,3)15-8-12-16-17-18-19(12)9-10-4-6-11(14)7-5-10/h4-7,15H,8-9H2,1-3H3. The van der Waals surface area contributed by atoms with Gasteiger partial charge in [-0.25, -0.2) is 9.07 Å². The van der Waals surface area contributed by atoms with Gasteiger partial charge in [0.1, 0.15) is 5.82 Å². The summed E-state index contributed by atoms with van der Waals surface area (Å²) in [6.45, 7) is 7.38. The Balaban J connectivity index is 2.05. The van der Waals surface area contributed by atoms with Crippen molar-refractivity contribution in [1.29, 1.82) is 0 Å². The molecule has 1 heterocycles. The lowest BCUT2D eigenvalue weighted by atomic mass is 10.1. The topological polar surface area (TPSA) is 55.6 Å². The van der Waals surface area contributed by atoms with Crippen LogP contribution in [0.4, 0.5) is 4.39 Å². The van der Waals surface area contributed by atoms with E-state index in [1.807, 2.05) is 0 Å². The third kappa shape index (κ3) is 4.10. The van der Waals surface area contributed by atoms with Crippen molar-refractivity contribution in [1.82, 2.24) is 25.5 Å². The minimum Gasteiger partial charge on any atom is -0.305 e. The lowest BCUT2D eigenvalue weighted by molar-refractivity contribution is 0.410. The van der Waals surface area contributed by atoms with Crippen LogP contribution in [0.2, 0.25) is 0 Å². The van der Waals surface area contributed by atoms with Crippen molar-refractivity contribution in [2.75, 3.05) is 0 Å². The van der Waals surface area contributed by atoms with Crippen LogP contribution in [0.3, 0.4) is 0 Å². The lowest BCUT2D eigenvalue weighted by Crippen LogP contribution is -2.36. The van der Waals surface area contributed by atoms with E-state index in [1.165, 1.54) is 12.1 Å². The summed E-state index contributed by atoms with van der Waals surface area (Å²) in [6, 6.07) is 6.34. The minimum absolute atomic E-state index is 0.00660. The number of rotatable bonds is 4. The Labute approximate surface area is 111 Å². The Bertz CT molecular complexity index is 527. The summed E-state index contributed by atoms with van der Waals surface area (Å²) in [4.78, 5) is 0. The fourth-order valence-corrected chi connectivity index (χ4v) is 1.58. The Kier molecular flexibility index (Phi) is 3.90. The zero-order chi connectivity index (χ0) is 13.9. The average molecular weight is 263 g/mol. The highest BCUT2D eigenvalue weighted by Gasteiger charge is 2.12. The van der Waals surface area contributed by atoms with Gasteiger partial charge in [-0.2, -0.15) is 0 Å². The van der Waals surface area contributed by atoms with E-state index in [4.69, 9.17) is 0 Å². The van der Waals surface area contributed by atoms with Crippen LogP contribution in [-0.4, -0.2) is 25.7 Å².